The van der Waals surface area contributed by atoms with Crippen LogP contribution >= 0.6 is 0 Å². The third-order valence-electron chi connectivity index (χ3n) is 3.95. The van der Waals surface area contributed by atoms with Gasteiger partial charge in [-0.05, 0) is 63.3 Å². The molecule has 19 heavy (non-hydrogen) atoms. The lowest BCUT2D eigenvalue weighted by Gasteiger charge is -2.22. The van der Waals surface area contributed by atoms with Crippen molar-refractivity contribution in [1.29, 1.82) is 0 Å². The summed E-state index contributed by atoms with van der Waals surface area (Å²) in [7, 11) is 0. The molecule has 1 aliphatic carbocycles. The van der Waals surface area contributed by atoms with Crippen molar-refractivity contribution in [3.05, 3.63) is 53.3 Å². The van der Waals surface area contributed by atoms with Gasteiger partial charge in [-0.25, -0.2) is 0 Å². The topological polar surface area (TPSA) is 14.2 Å². The maximum absolute atomic E-state index is 6.04. The van der Waals surface area contributed by atoms with Crippen LogP contribution in [0, 0.1) is 6.92 Å². The van der Waals surface area contributed by atoms with E-state index in [1.54, 1.807) is 0 Å². The molecule has 0 saturated heterocycles. The molecule has 2 aromatic rings. The Kier molecular flexibility index (Phi) is 3.33. The number of hydrogen-bond donors (Lipinski definition) is 0. The van der Waals surface area contributed by atoms with Crippen molar-refractivity contribution in [3.63, 3.8) is 0 Å². The second-order valence-corrected chi connectivity index (χ2v) is 5.43. The number of rotatable bonds is 3. The van der Waals surface area contributed by atoms with Gasteiger partial charge in [-0.2, -0.15) is 0 Å². The van der Waals surface area contributed by atoms with Crippen molar-refractivity contribution < 1.29 is 4.74 Å². The van der Waals surface area contributed by atoms with Crippen LogP contribution in [0.5, 0.6) is 5.75 Å². The van der Waals surface area contributed by atoms with Gasteiger partial charge in [0.25, 0.3) is 0 Å². The van der Waals surface area contributed by atoms with Gasteiger partial charge in [-0.1, -0.05) is 17.7 Å². The molecule has 0 saturated carbocycles. The largest absolute Gasteiger partial charge is 0.471 e. The first kappa shape index (κ1) is 12.3. The van der Waals surface area contributed by atoms with Crippen molar-refractivity contribution >= 4 is 0 Å². The van der Waals surface area contributed by atoms with E-state index >= 15 is 0 Å². The predicted octanol–water partition coefficient (Wildman–Crippen LogP) is 4.27. The fourth-order valence-corrected chi connectivity index (χ4v) is 2.86. The Balaban J connectivity index is 1.78. The molecule has 1 atom stereocenters. The van der Waals surface area contributed by atoms with Gasteiger partial charge >= 0.3 is 0 Å². The lowest BCUT2D eigenvalue weighted by atomic mass is 9.98. The third-order valence-corrected chi connectivity index (χ3v) is 3.95. The highest BCUT2D eigenvalue weighted by molar-refractivity contribution is 5.28. The Morgan fingerprint density at radius 1 is 1.05 bits per heavy atom. The Labute approximate surface area is 115 Å². The quantitative estimate of drug-likeness (QED) is 0.798. The summed E-state index contributed by atoms with van der Waals surface area (Å²) in [5.41, 5.74) is 4.23. The van der Waals surface area contributed by atoms with E-state index in [-0.39, 0.29) is 6.23 Å². The van der Waals surface area contributed by atoms with E-state index < -0.39 is 0 Å². The smallest absolute Gasteiger partial charge is 0.172 e. The van der Waals surface area contributed by atoms with Crippen LogP contribution in [0.25, 0.3) is 0 Å². The summed E-state index contributed by atoms with van der Waals surface area (Å²) in [5.74, 6) is 0.941. The van der Waals surface area contributed by atoms with E-state index in [2.05, 4.69) is 42.8 Å². The monoisotopic (exact) mass is 255 g/mol. The van der Waals surface area contributed by atoms with Crippen LogP contribution in [0.2, 0.25) is 0 Å². The van der Waals surface area contributed by atoms with Gasteiger partial charge in [0.2, 0.25) is 0 Å². The zero-order valence-electron chi connectivity index (χ0n) is 11.7. The minimum Gasteiger partial charge on any atom is -0.471 e. The maximum atomic E-state index is 6.04. The summed E-state index contributed by atoms with van der Waals surface area (Å²) in [4.78, 5) is 0. The average molecular weight is 255 g/mol. The van der Waals surface area contributed by atoms with Gasteiger partial charge in [0.1, 0.15) is 5.75 Å². The van der Waals surface area contributed by atoms with Gasteiger partial charge in [-0.15, -0.1) is 0 Å². The summed E-state index contributed by atoms with van der Waals surface area (Å²) in [6.45, 7) is 4.21. The van der Waals surface area contributed by atoms with Crippen LogP contribution in [0.3, 0.4) is 0 Å². The van der Waals surface area contributed by atoms with Crippen LogP contribution in [0.15, 0.2) is 36.5 Å². The molecule has 3 rings (SSSR count). The van der Waals surface area contributed by atoms with Crippen LogP contribution in [0.4, 0.5) is 0 Å². The fraction of sp³-hybridized carbons (Fsp3) is 0.412. The van der Waals surface area contributed by atoms with E-state index in [9.17, 15) is 0 Å². The molecular weight excluding hydrogens is 234 g/mol. The molecule has 0 radical (unpaired) electrons. The minimum absolute atomic E-state index is 0.0598. The Morgan fingerprint density at radius 2 is 1.79 bits per heavy atom. The highest BCUT2D eigenvalue weighted by atomic mass is 16.5. The standard InChI is InChI=1S/C17H21NO/c1-13-7-9-16(10-8-13)19-14(2)18-12-11-15-5-3-4-6-17(15)18/h7-12,14H,3-6H2,1-2H3/t14-/m1/s1. The summed E-state index contributed by atoms with van der Waals surface area (Å²) >= 11 is 0. The van der Waals surface area contributed by atoms with Crippen molar-refractivity contribution in [2.24, 2.45) is 0 Å². The fourth-order valence-electron chi connectivity index (χ4n) is 2.86. The Bertz CT molecular complexity index is 553. The van der Waals surface area contributed by atoms with E-state index in [1.165, 1.54) is 42.5 Å². The molecule has 1 heterocycles. The number of nitrogens with zero attached hydrogens (tertiary/aromatic N) is 1. The van der Waals surface area contributed by atoms with Crippen LogP contribution in [-0.4, -0.2) is 4.57 Å². The van der Waals surface area contributed by atoms with E-state index in [1.807, 2.05) is 12.1 Å². The molecule has 0 N–H and O–H groups in total. The summed E-state index contributed by atoms with van der Waals surface area (Å²) < 4.78 is 8.33. The van der Waals surface area contributed by atoms with Gasteiger partial charge < -0.3 is 9.30 Å². The highest BCUT2D eigenvalue weighted by Crippen LogP contribution is 2.26. The molecule has 2 nitrogen and oxygen atoms in total. The first-order chi connectivity index (χ1) is 9.24. The van der Waals surface area contributed by atoms with Crippen LogP contribution in [-0.2, 0) is 12.8 Å². The summed E-state index contributed by atoms with van der Waals surface area (Å²) in [6, 6.07) is 10.5. The molecule has 0 aliphatic heterocycles. The van der Waals surface area contributed by atoms with Crippen molar-refractivity contribution in [2.45, 2.75) is 45.8 Å². The second kappa shape index (κ2) is 5.12. The number of benzene rings is 1. The number of aryl methyl sites for hydroxylation is 2. The van der Waals surface area contributed by atoms with Crippen molar-refractivity contribution in [3.8, 4) is 5.75 Å². The minimum atomic E-state index is 0.0598. The first-order valence-corrected chi connectivity index (χ1v) is 7.16. The van der Waals surface area contributed by atoms with Gasteiger partial charge in [0.05, 0.1) is 0 Å². The first-order valence-electron chi connectivity index (χ1n) is 7.16. The van der Waals surface area contributed by atoms with Gasteiger partial charge in [-0.3, -0.25) is 0 Å². The normalized spacial score (nSPS) is 15.9. The number of hydrogen-bond acceptors (Lipinski definition) is 1. The lowest BCUT2D eigenvalue weighted by molar-refractivity contribution is 0.149. The SMILES string of the molecule is Cc1ccc(O[C@H](C)n2ccc3c2CCCC3)cc1. The Morgan fingerprint density at radius 3 is 2.58 bits per heavy atom. The maximum Gasteiger partial charge on any atom is 0.172 e. The van der Waals surface area contributed by atoms with E-state index in [0.717, 1.165) is 5.75 Å². The molecule has 0 spiro atoms. The van der Waals surface area contributed by atoms with Gasteiger partial charge in [0, 0.05) is 11.9 Å². The van der Waals surface area contributed by atoms with E-state index in [4.69, 9.17) is 4.74 Å². The molecule has 100 valence electrons. The molecule has 1 aliphatic rings. The van der Waals surface area contributed by atoms with Crippen molar-refractivity contribution in [1.82, 2.24) is 4.57 Å². The number of ether oxygens (including phenoxy) is 1. The second-order valence-electron chi connectivity index (χ2n) is 5.43. The van der Waals surface area contributed by atoms with E-state index in [0.29, 0.717) is 0 Å². The zero-order chi connectivity index (χ0) is 13.2. The van der Waals surface area contributed by atoms with Crippen LogP contribution < -0.4 is 4.74 Å². The summed E-state index contributed by atoms with van der Waals surface area (Å²) in [6.07, 6.45) is 7.26. The zero-order valence-corrected chi connectivity index (χ0v) is 11.7. The van der Waals surface area contributed by atoms with Crippen molar-refractivity contribution in [2.75, 3.05) is 0 Å². The van der Waals surface area contributed by atoms with Crippen LogP contribution in [0.1, 0.15) is 42.8 Å². The molecule has 2 heteroatoms. The van der Waals surface area contributed by atoms with Gasteiger partial charge in [0.15, 0.2) is 6.23 Å². The molecule has 0 fully saturated rings. The molecule has 0 amide bonds. The predicted molar refractivity (Wildman–Crippen MR) is 77.6 cm³/mol. The highest BCUT2D eigenvalue weighted by Gasteiger charge is 2.17. The Hall–Kier alpha value is -1.70. The summed E-state index contributed by atoms with van der Waals surface area (Å²) in [5, 5.41) is 0. The molecule has 1 aromatic heterocycles. The number of aromatic nitrogens is 1. The molecule has 0 bridgehead atoms. The lowest BCUT2D eigenvalue weighted by Crippen LogP contribution is -2.16. The third kappa shape index (κ3) is 2.53. The molecular formula is C17H21NO. The molecule has 1 aromatic carbocycles. The number of fused-ring (bicyclic) bond motifs is 1. The molecule has 0 unspecified atom stereocenters. The average Bonchev–Trinajstić information content (AvgIpc) is 2.85.